The predicted molar refractivity (Wildman–Crippen MR) is 54.4 cm³/mol. The molecule has 1 N–H and O–H groups in total. The summed E-state index contributed by atoms with van der Waals surface area (Å²) in [5.41, 5.74) is 0.934. The summed E-state index contributed by atoms with van der Waals surface area (Å²) in [4.78, 5) is -0.0418. The van der Waals surface area contributed by atoms with Gasteiger partial charge in [0.15, 0.2) is 11.1 Å². The number of benzene rings is 1. The fourth-order valence-corrected chi connectivity index (χ4v) is 1.46. The van der Waals surface area contributed by atoms with E-state index in [1.54, 1.807) is 24.3 Å². The first-order valence-corrected chi connectivity index (χ1v) is 5.30. The van der Waals surface area contributed by atoms with Crippen molar-refractivity contribution in [3.8, 4) is 0 Å². The molecule has 0 bridgehead atoms. The third-order valence-electron chi connectivity index (χ3n) is 1.74. The third kappa shape index (κ3) is 2.79. The highest BCUT2D eigenvalue weighted by Crippen LogP contribution is 2.27. The molecule has 4 heteroatoms. The molecule has 0 radical (unpaired) electrons. The lowest BCUT2D eigenvalue weighted by molar-refractivity contribution is 0.564. The number of rotatable bonds is 2. The van der Waals surface area contributed by atoms with E-state index < -0.39 is 16.0 Å². The van der Waals surface area contributed by atoms with Gasteiger partial charge in [0.05, 0.1) is 9.77 Å². The lowest BCUT2D eigenvalue weighted by Crippen LogP contribution is -2.07. The van der Waals surface area contributed by atoms with Gasteiger partial charge < -0.3 is 4.55 Å². The lowest BCUT2D eigenvalue weighted by Gasteiger charge is -2.15. The number of hydrogen-bond donors (Lipinski definition) is 1. The zero-order valence-electron chi connectivity index (χ0n) is 7.45. The second kappa shape index (κ2) is 3.78. The topological polar surface area (TPSA) is 37.3 Å². The average Bonchev–Trinajstić information content (AvgIpc) is 2.03. The fraction of sp³-hybridized carbons (Fsp3) is 0.333. The molecule has 0 saturated carbocycles. The van der Waals surface area contributed by atoms with Crippen molar-refractivity contribution in [3.63, 3.8) is 0 Å². The van der Waals surface area contributed by atoms with Crippen LogP contribution in [-0.4, -0.2) is 8.76 Å². The second-order valence-electron chi connectivity index (χ2n) is 3.25. The molecule has 0 amide bonds. The van der Waals surface area contributed by atoms with Gasteiger partial charge in [-0.15, -0.1) is 11.6 Å². The molecule has 13 heavy (non-hydrogen) atoms. The molecule has 0 aromatic heterocycles. The highest BCUT2D eigenvalue weighted by Gasteiger charge is 2.16. The summed E-state index contributed by atoms with van der Waals surface area (Å²) >= 11 is 4.15. The number of alkyl halides is 1. The Kier molecular flexibility index (Phi) is 3.11. The van der Waals surface area contributed by atoms with Gasteiger partial charge in [-0.3, -0.25) is 0 Å². The van der Waals surface area contributed by atoms with Crippen molar-refractivity contribution in [1.29, 1.82) is 0 Å². The van der Waals surface area contributed by atoms with Crippen LogP contribution in [0.3, 0.4) is 0 Å². The molecule has 1 aromatic rings. The van der Waals surface area contributed by atoms with Gasteiger partial charge >= 0.3 is 0 Å². The van der Waals surface area contributed by atoms with Crippen molar-refractivity contribution in [3.05, 3.63) is 29.8 Å². The first kappa shape index (κ1) is 10.7. The molecule has 0 fully saturated rings. The quantitative estimate of drug-likeness (QED) is 0.612. The van der Waals surface area contributed by atoms with Gasteiger partial charge in [-0.25, -0.2) is 4.21 Å². The molecule has 1 rings (SSSR count). The summed E-state index contributed by atoms with van der Waals surface area (Å²) in [7, 11) is 0. The van der Waals surface area contributed by atoms with Crippen LogP contribution >= 0.6 is 11.6 Å². The van der Waals surface area contributed by atoms with E-state index in [0.29, 0.717) is 4.90 Å². The normalized spacial score (nSPS) is 14.2. The highest BCUT2D eigenvalue weighted by atomic mass is 35.5. The van der Waals surface area contributed by atoms with Gasteiger partial charge in [0.2, 0.25) is 0 Å². The lowest BCUT2D eigenvalue weighted by atomic mass is 10.0. The molecule has 0 heterocycles. The smallest absolute Gasteiger partial charge is 0.186 e. The minimum absolute atomic E-state index is 0.393. The summed E-state index contributed by atoms with van der Waals surface area (Å²) in [6, 6.07) is 6.73. The van der Waals surface area contributed by atoms with E-state index in [1.165, 1.54) is 0 Å². The molecule has 2 nitrogen and oxygen atoms in total. The van der Waals surface area contributed by atoms with Crippen molar-refractivity contribution in [2.45, 2.75) is 23.6 Å². The monoisotopic (exact) mass is 218 g/mol. The Bertz CT molecular complexity index is 313. The molecule has 1 aromatic carbocycles. The number of halogens is 1. The highest BCUT2D eigenvalue weighted by molar-refractivity contribution is 7.79. The van der Waals surface area contributed by atoms with E-state index in [0.717, 1.165) is 5.56 Å². The van der Waals surface area contributed by atoms with Crippen LogP contribution < -0.4 is 0 Å². The molecular weight excluding hydrogens is 208 g/mol. The molecule has 1 unspecified atom stereocenters. The van der Waals surface area contributed by atoms with Crippen LogP contribution in [0, 0.1) is 0 Å². The molecule has 0 aliphatic rings. The van der Waals surface area contributed by atoms with Gasteiger partial charge in [0, 0.05) is 0 Å². The van der Waals surface area contributed by atoms with Crippen molar-refractivity contribution < 1.29 is 8.76 Å². The predicted octanol–water partition coefficient (Wildman–Crippen LogP) is 2.74. The second-order valence-corrected chi connectivity index (χ2v) is 5.16. The van der Waals surface area contributed by atoms with Crippen LogP contribution in [0.4, 0.5) is 0 Å². The molecule has 0 aliphatic carbocycles. The minimum Gasteiger partial charge on any atom is -0.302 e. The Morgan fingerprint density at radius 2 is 1.77 bits per heavy atom. The van der Waals surface area contributed by atoms with Gasteiger partial charge in [-0.1, -0.05) is 12.1 Å². The van der Waals surface area contributed by atoms with Gasteiger partial charge in [0.1, 0.15) is 0 Å². The van der Waals surface area contributed by atoms with Gasteiger partial charge in [0.25, 0.3) is 0 Å². The molecule has 0 saturated heterocycles. The zero-order chi connectivity index (χ0) is 10.1. The Balaban J connectivity index is 3.01. The van der Waals surface area contributed by atoms with Crippen LogP contribution in [-0.2, 0) is 16.0 Å². The maximum atomic E-state index is 10.6. The molecule has 0 aliphatic heterocycles. The Labute approximate surface area is 85.2 Å². The standard InChI is InChI=1S/C9H11ClO2S/c1-9(2,10)7-3-5-8(6-4-7)13(11)12/h3-6H,1-2H3,(H,11,12). The molecule has 72 valence electrons. The maximum Gasteiger partial charge on any atom is 0.186 e. The van der Waals surface area contributed by atoms with Crippen molar-refractivity contribution in [2.75, 3.05) is 0 Å². The van der Waals surface area contributed by atoms with E-state index in [4.69, 9.17) is 16.2 Å². The van der Waals surface area contributed by atoms with Crippen molar-refractivity contribution in [2.24, 2.45) is 0 Å². The van der Waals surface area contributed by atoms with Crippen LogP contribution in [0.1, 0.15) is 19.4 Å². The zero-order valence-corrected chi connectivity index (χ0v) is 9.02. The fourth-order valence-electron chi connectivity index (χ4n) is 0.968. The SMILES string of the molecule is CC(C)(Cl)c1ccc(S(=O)O)cc1. The van der Waals surface area contributed by atoms with Crippen molar-refractivity contribution in [1.82, 2.24) is 0 Å². The summed E-state index contributed by atoms with van der Waals surface area (Å²) < 4.78 is 19.4. The van der Waals surface area contributed by atoms with Gasteiger partial charge in [-0.2, -0.15) is 0 Å². The van der Waals surface area contributed by atoms with E-state index in [9.17, 15) is 4.21 Å². The largest absolute Gasteiger partial charge is 0.302 e. The van der Waals surface area contributed by atoms with Crippen molar-refractivity contribution >= 4 is 22.7 Å². The number of hydrogen-bond acceptors (Lipinski definition) is 1. The summed E-state index contributed by atoms with van der Waals surface area (Å²) in [6.45, 7) is 3.75. The van der Waals surface area contributed by atoms with E-state index in [1.807, 2.05) is 13.8 Å². The Morgan fingerprint density at radius 1 is 1.31 bits per heavy atom. The van der Waals surface area contributed by atoms with Crippen LogP contribution in [0.15, 0.2) is 29.2 Å². The molecule has 0 spiro atoms. The Hall–Kier alpha value is -0.380. The van der Waals surface area contributed by atoms with Crippen LogP contribution in [0.5, 0.6) is 0 Å². The summed E-state index contributed by atoms with van der Waals surface area (Å²) in [6.07, 6.45) is 0. The van der Waals surface area contributed by atoms with Crippen LogP contribution in [0.2, 0.25) is 0 Å². The van der Waals surface area contributed by atoms with E-state index in [-0.39, 0.29) is 0 Å². The first-order chi connectivity index (χ1) is 5.91. The van der Waals surface area contributed by atoms with Crippen LogP contribution in [0.25, 0.3) is 0 Å². The first-order valence-electron chi connectivity index (χ1n) is 3.81. The average molecular weight is 219 g/mol. The Morgan fingerprint density at radius 3 is 2.08 bits per heavy atom. The molecule has 1 atom stereocenters. The summed E-state index contributed by atoms with van der Waals surface area (Å²) in [5.74, 6) is 0. The van der Waals surface area contributed by atoms with E-state index >= 15 is 0 Å². The van der Waals surface area contributed by atoms with E-state index in [2.05, 4.69) is 0 Å². The summed E-state index contributed by atoms with van der Waals surface area (Å²) in [5, 5.41) is 0. The molecular formula is C9H11ClO2S. The third-order valence-corrected chi connectivity index (χ3v) is 2.64. The maximum absolute atomic E-state index is 10.6. The van der Waals surface area contributed by atoms with Gasteiger partial charge in [-0.05, 0) is 31.5 Å². The minimum atomic E-state index is -1.91.